The van der Waals surface area contributed by atoms with Crippen LogP contribution in [0.3, 0.4) is 0 Å². The number of thioether (sulfide) groups is 1. The van der Waals surface area contributed by atoms with Gasteiger partial charge in [0, 0.05) is 38.0 Å². The minimum atomic E-state index is -0.773. The number of fused-ring (bicyclic) bond motifs is 1. The van der Waals surface area contributed by atoms with E-state index in [4.69, 9.17) is 9.47 Å². The molecule has 1 aromatic rings. The Morgan fingerprint density at radius 1 is 1.30 bits per heavy atom. The molecule has 1 spiro atoms. The third-order valence-electron chi connectivity index (χ3n) is 8.90. The summed E-state index contributed by atoms with van der Waals surface area (Å²) in [5.74, 6) is -1.92. The number of amides is 2. The summed E-state index contributed by atoms with van der Waals surface area (Å²) in [4.78, 5) is 47.8. The van der Waals surface area contributed by atoms with E-state index < -0.39 is 28.7 Å². The first-order valence-electron chi connectivity index (χ1n) is 14.5. The van der Waals surface area contributed by atoms with E-state index in [9.17, 15) is 19.5 Å². The fourth-order valence-corrected chi connectivity index (χ4v) is 9.30. The van der Waals surface area contributed by atoms with Gasteiger partial charge in [-0.1, -0.05) is 36.4 Å². The summed E-state index contributed by atoms with van der Waals surface area (Å²) in [6.45, 7) is 10.2. The van der Waals surface area contributed by atoms with Gasteiger partial charge in [-0.25, -0.2) is 0 Å². The van der Waals surface area contributed by atoms with E-state index in [0.717, 1.165) is 25.1 Å². The number of carbonyl (C=O) groups is 3. The van der Waals surface area contributed by atoms with Crippen molar-refractivity contribution in [3.05, 3.63) is 48.6 Å². The number of aliphatic hydroxyl groups is 1. The van der Waals surface area contributed by atoms with E-state index in [1.54, 1.807) is 34.6 Å². The van der Waals surface area contributed by atoms with Crippen LogP contribution in [0, 0.1) is 11.8 Å². The molecule has 2 amide bonds. The molecular formula is C30H41N3O6S. The van der Waals surface area contributed by atoms with E-state index in [1.165, 1.54) is 0 Å². The van der Waals surface area contributed by atoms with Crippen LogP contribution in [0.1, 0.15) is 25.3 Å². The van der Waals surface area contributed by atoms with Crippen molar-refractivity contribution in [3.63, 3.8) is 0 Å². The van der Waals surface area contributed by atoms with E-state index in [2.05, 4.69) is 11.5 Å². The molecule has 1 aromatic carbocycles. The van der Waals surface area contributed by atoms with Gasteiger partial charge < -0.3 is 24.4 Å². The van der Waals surface area contributed by atoms with Crippen LogP contribution in [-0.4, -0.2) is 119 Å². The standard InChI is InChI=1S/C30H41N3O6S/c1-3-12-32(14-13-31-15-17-38-18-16-31)28(36)26-30-11-10-23(40-30)24(29(37)39-4-2)25(30)27(35)33(26)22(20-34)19-21-8-6-5-7-9-21/h3,5-9,22-26,34H,1,4,10-20H2,2H3/t22-,23+,24-,25+,26?,30?/m1/s1. The number of benzene rings is 1. The Morgan fingerprint density at radius 3 is 2.73 bits per heavy atom. The lowest BCUT2D eigenvalue weighted by atomic mass is 9.71. The molecule has 10 heteroatoms. The van der Waals surface area contributed by atoms with Gasteiger partial charge in [-0.2, -0.15) is 0 Å². The summed E-state index contributed by atoms with van der Waals surface area (Å²) >= 11 is 1.63. The van der Waals surface area contributed by atoms with Gasteiger partial charge in [0.2, 0.25) is 11.8 Å². The van der Waals surface area contributed by atoms with Gasteiger partial charge in [-0.05, 0) is 31.7 Å². The Kier molecular flexibility index (Phi) is 9.19. The van der Waals surface area contributed by atoms with E-state index in [0.29, 0.717) is 45.7 Å². The molecule has 4 aliphatic heterocycles. The molecule has 218 valence electrons. The highest BCUT2D eigenvalue weighted by atomic mass is 32.2. The average molecular weight is 572 g/mol. The monoisotopic (exact) mass is 571 g/mol. The quantitative estimate of drug-likeness (QED) is 0.298. The minimum absolute atomic E-state index is 0.0478. The zero-order valence-electron chi connectivity index (χ0n) is 23.3. The number of rotatable bonds is 12. The lowest BCUT2D eigenvalue weighted by molar-refractivity contribution is -0.154. The number of ether oxygens (including phenoxy) is 2. The van der Waals surface area contributed by atoms with Gasteiger partial charge in [0.05, 0.1) is 49.1 Å². The van der Waals surface area contributed by atoms with Crippen molar-refractivity contribution in [2.24, 2.45) is 11.8 Å². The highest BCUT2D eigenvalue weighted by molar-refractivity contribution is 8.02. The number of nitrogens with zero attached hydrogens (tertiary/aromatic N) is 3. The van der Waals surface area contributed by atoms with Crippen LogP contribution in [0.25, 0.3) is 0 Å². The fraction of sp³-hybridized carbons (Fsp3) is 0.633. The van der Waals surface area contributed by atoms with Crippen molar-refractivity contribution in [1.29, 1.82) is 0 Å². The Balaban J connectivity index is 1.49. The lowest BCUT2D eigenvalue weighted by Gasteiger charge is -2.40. The molecule has 9 nitrogen and oxygen atoms in total. The average Bonchev–Trinajstić information content (AvgIpc) is 3.62. The number of morpholine rings is 1. The molecule has 40 heavy (non-hydrogen) atoms. The number of carbonyl (C=O) groups excluding carboxylic acids is 3. The van der Waals surface area contributed by atoms with E-state index in [1.807, 2.05) is 30.3 Å². The number of aliphatic hydroxyl groups excluding tert-OH is 1. The molecule has 2 bridgehead atoms. The third-order valence-corrected chi connectivity index (χ3v) is 10.9. The number of esters is 1. The minimum Gasteiger partial charge on any atom is -0.466 e. The Morgan fingerprint density at radius 2 is 2.05 bits per heavy atom. The maximum atomic E-state index is 14.6. The molecule has 5 rings (SSSR count). The Hall–Kier alpha value is -2.40. The Labute approximate surface area is 240 Å². The first-order valence-corrected chi connectivity index (χ1v) is 15.3. The number of likely N-dealkylation sites (tertiary alicyclic amines) is 1. The Bertz CT molecular complexity index is 1080. The topological polar surface area (TPSA) is 99.6 Å². The molecule has 2 unspecified atom stereocenters. The van der Waals surface area contributed by atoms with Gasteiger partial charge in [-0.15, -0.1) is 18.3 Å². The largest absolute Gasteiger partial charge is 0.466 e. The van der Waals surface area contributed by atoms with Crippen LogP contribution in [0.2, 0.25) is 0 Å². The summed E-state index contributed by atoms with van der Waals surface area (Å²) in [6, 6.07) is 8.35. The fourth-order valence-electron chi connectivity index (χ4n) is 7.11. The predicted octanol–water partition coefficient (Wildman–Crippen LogP) is 1.59. The second-order valence-electron chi connectivity index (χ2n) is 11.1. The van der Waals surface area contributed by atoms with Crippen molar-refractivity contribution in [1.82, 2.24) is 14.7 Å². The van der Waals surface area contributed by atoms with Gasteiger partial charge >= 0.3 is 5.97 Å². The normalized spacial score (nSPS) is 30.2. The lowest BCUT2D eigenvalue weighted by Crippen LogP contribution is -2.58. The second kappa shape index (κ2) is 12.6. The van der Waals surface area contributed by atoms with Gasteiger partial charge in [0.1, 0.15) is 6.04 Å². The molecule has 1 N–H and O–H groups in total. The van der Waals surface area contributed by atoms with Gasteiger partial charge in [-0.3, -0.25) is 19.3 Å². The molecule has 4 aliphatic rings. The molecule has 0 aliphatic carbocycles. The summed E-state index contributed by atoms with van der Waals surface area (Å²) in [6.07, 6.45) is 3.58. The zero-order valence-corrected chi connectivity index (χ0v) is 24.1. The van der Waals surface area contributed by atoms with Crippen molar-refractivity contribution >= 4 is 29.5 Å². The number of hydrogen-bond acceptors (Lipinski definition) is 8. The molecule has 6 atom stereocenters. The SMILES string of the molecule is C=CCN(CCN1CCOCC1)C(=O)C1N([C@@H](CO)Cc2ccccc2)C(=O)[C@@H]2[C@H](C(=O)OCC)[C@@H]3CCC12S3. The maximum Gasteiger partial charge on any atom is 0.310 e. The molecule has 0 radical (unpaired) electrons. The first kappa shape index (κ1) is 29.1. The summed E-state index contributed by atoms with van der Waals surface area (Å²) in [5.41, 5.74) is 0.976. The van der Waals surface area contributed by atoms with Crippen molar-refractivity contribution < 1.29 is 29.0 Å². The summed E-state index contributed by atoms with van der Waals surface area (Å²) in [5, 5.41) is 10.6. The number of hydrogen-bond donors (Lipinski definition) is 1. The van der Waals surface area contributed by atoms with E-state index in [-0.39, 0.29) is 36.2 Å². The van der Waals surface area contributed by atoms with Crippen LogP contribution in [0.15, 0.2) is 43.0 Å². The highest BCUT2D eigenvalue weighted by Gasteiger charge is 2.74. The molecule has 0 aromatic heterocycles. The molecule has 4 saturated heterocycles. The predicted molar refractivity (Wildman–Crippen MR) is 153 cm³/mol. The van der Waals surface area contributed by atoms with Crippen LogP contribution in [0.5, 0.6) is 0 Å². The maximum absolute atomic E-state index is 14.6. The van der Waals surface area contributed by atoms with Crippen LogP contribution in [-0.2, 0) is 30.3 Å². The third kappa shape index (κ3) is 5.31. The molecule has 4 fully saturated rings. The highest BCUT2D eigenvalue weighted by Crippen LogP contribution is 2.67. The van der Waals surface area contributed by atoms with Gasteiger partial charge in [0.15, 0.2) is 0 Å². The molecule has 4 heterocycles. The molecular weight excluding hydrogens is 530 g/mol. The first-order chi connectivity index (χ1) is 19.4. The second-order valence-corrected chi connectivity index (χ2v) is 12.7. The summed E-state index contributed by atoms with van der Waals surface area (Å²) in [7, 11) is 0. The van der Waals surface area contributed by atoms with Gasteiger partial charge in [0.25, 0.3) is 0 Å². The van der Waals surface area contributed by atoms with Crippen molar-refractivity contribution in [3.8, 4) is 0 Å². The van der Waals surface area contributed by atoms with E-state index >= 15 is 0 Å². The zero-order chi connectivity index (χ0) is 28.3. The van der Waals surface area contributed by atoms with Crippen LogP contribution < -0.4 is 0 Å². The van der Waals surface area contributed by atoms with Crippen molar-refractivity contribution in [2.45, 2.75) is 48.3 Å². The molecule has 0 saturated carbocycles. The summed E-state index contributed by atoms with van der Waals surface area (Å²) < 4.78 is 10.2. The van der Waals surface area contributed by atoms with Crippen molar-refractivity contribution in [2.75, 3.05) is 59.2 Å². The smallest absolute Gasteiger partial charge is 0.310 e. The van der Waals surface area contributed by atoms with Crippen LogP contribution >= 0.6 is 11.8 Å². The van der Waals surface area contributed by atoms with Crippen LogP contribution in [0.4, 0.5) is 0 Å².